The van der Waals surface area contributed by atoms with Gasteiger partial charge in [0.2, 0.25) is 0 Å². The Morgan fingerprint density at radius 2 is 1.62 bits per heavy atom. The Balaban J connectivity index is 2.07. The maximum absolute atomic E-state index is 12.1. The van der Waals surface area contributed by atoms with E-state index in [1.807, 2.05) is 36.4 Å². The lowest BCUT2D eigenvalue weighted by Crippen LogP contribution is -2.29. The van der Waals surface area contributed by atoms with E-state index >= 15 is 0 Å². The molecule has 0 saturated heterocycles. The highest BCUT2D eigenvalue weighted by Gasteiger charge is 2.09. The molecule has 6 heteroatoms. The van der Waals surface area contributed by atoms with Gasteiger partial charge < -0.3 is 0 Å². The molecule has 110 valence electrons. The first kappa shape index (κ1) is 16.5. The van der Waals surface area contributed by atoms with Gasteiger partial charge in [0, 0.05) is 19.0 Å². The third-order valence-electron chi connectivity index (χ3n) is 2.93. The van der Waals surface area contributed by atoms with Gasteiger partial charge in [-0.3, -0.25) is 15.6 Å². The van der Waals surface area contributed by atoms with E-state index in [9.17, 15) is 4.79 Å². The highest BCUT2D eigenvalue weighted by atomic mass is 79.9. The summed E-state index contributed by atoms with van der Waals surface area (Å²) >= 11 is 10.3. The van der Waals surface area contributed by atoms with Crippen molar-refractivity contribution < 1.29 is 4.79 Å². The summed E-state index contributed by atoms with van der Waals surface area (Å²) < 4.78 is 2.61. The summed E-state index contributed by atoms with van der Waals surface area (Å²) in [4.78, 5) is 12.1. The van der Waals surface area contributed by atoms with E-state index in [0.29, 0.717) is 5.56 Å². The fraction of sp³-hybridized carbons (Fsp3) is 0.133. The molecule has 0 saturated carbocycles. The third kappa shape index (κ3) is 4.31. The minimum atomic E-state index is -0.181. The first-order valence-electron chi connectivity index (χ1n) is 6.31. The molecule has 2 N–H and O–H groups in total. The van der Waals surface area contributed by atoms with Crippen LogP contribution < -0.4 is 10.9 Å². The summed E-state index contributed by atoms with van der Waals surface area (Å²) in [6, 6.07) is 11.4. The standard InChI is InChI=1S/C15H13Br3N2O/c1-2-9-3-5-10(6-4-9)15(21)20-19-14-12(17)7-11(16)8-13(14)18/h3-8,19H,2H2,1H3,(H,20,21). The van der Waals surface area contributed by atoms with Crippen molar-refractivity contribution >= 4 is 59.4 Å². The molecular weight excluding hydrogens is 464 g/mol. The van der Waals surface area contributed by atoms with Crippen LogP contribution in [0.1, 0.15) is 22.8 Å². The SMILES string of the molecule is CCc1ccc(C(=O)NNc2c(Br)cc(Br)cc2Br)cc1. The maximum Gasteiger partial charge on any atom is 0.269 e. The van der Waals surface area contributed by atoms with Crippen molar-refractivity contribution in [3.8, 4) is 0 Å². The van der Waals surface area contributed by atoms with Gasteiger partial charge >= 0.3 is 0 Å². The molecule has 0 unspecified atom stereocenters. The summed E-state index contributed by atoms with van der Waals surface area (Å²) in [5, 5.41) is 0. The number of hydrogen-bond donors (Lipinski definition) is 2. The average molecular weight is 477 g/mol. The fourth-order valence-electron chi connectivity index (χ4n) is 1.74. The number of hydrazine groups is 1. The van der Waals surface area contributed by atoms with Gasteiger partial charge in [-0.05, 0) is 68.1 Å². The van der Waals surface area contributed by atoms with Crippen LogP contribution in [0.2, 0.25) is 0 Å². The minimum absolute atomic E-state index is 0.181. The second-order valence-electron chi connectivity index (χ2n) is 4.37. The van der Waals surface area contributed by atoms with E-state index < -0.39 is 0 Å². The predicted octanol–water partition coefficient (Wildman–Crippen LogP) is 5.29. The van der Waals surface area contributed by atoms with Crippen molar-refractivity contribution in [3.63, 3.8) is 0 Å². The first-order chi connectivity index (χ1) is 10.0. The second-order valence-corrected chi connectivity index (χ2v) is 7.00. The van der Waals surface area contributed by atoms with Crippen LogP contribution in [0.4, 0.5) is 5.69 Å². The molecule has 2 aromatic rings. The van der Waals surface area contributed by atoms with E-state index in [0.717, 1.165) is 25.5 Å². The molecule has 0 radical (unpaired) electrons. The zero-order chi connectivity index (χ0) is 15.4. The summed E-state index contributed by atoms with van der Waals surface area (Å²) in [6.07, 6.45) is 0.957. The zero-order valence-electron chi connectivity index (χ0n) is 11.2. The Labute approximate surface area is 148 Å². The largest absolute Gasteiger partial charge is 0.296 e. The van der Waals surface area contributed by atoms with Gasteiger partial charge in [-0.25, -0.2) is 0 Å². The van der Waals surface area contributed by atoms with E-state index in [-0.39, 0.29) is 5.91 Å². The van der Waals surface area contributed by atoms with Gasteiger partial charge in [0.1, 0.15) is 0 Å². The molecule has 0 aliphatic heterocycles. The van der Waals surface area contributed by atoms with Gasteiger partial charge in [0.15, 0.2) is 0 Å². The van der Waals surface area contributed by atoms with Crippen LogP contribution in [-0.2, 0) is 6.42 Å². The third-order valence-corrected chi connectivity index (χ3v) is 4.64. The summed E-state index contributed by atoms with van der Waals surface area (Å²) in [7, 11) is 0. The summed E-state index contributed by atoms with van der Waals surface area (Å²) in [6.45, 7) is 2.08. The molecule has 0 bridgehead atoms. The smallest absolute Gasteiger partial charge is 0.269 e. The maximum atomic E-state index is 12.1. The summed E-state index contributed by atoms with van der Waals surface area (Å²) in [5.74, 6) is -0.181. The van der Waals surface area contributed by atoms with Crippen molar-refractivity contribution in [1.29, 1.82) is 0 Å². The van der Waals surface area contributed by atoms with Gasteiger partial charge in [-0.2, -0.15) is 0 Å². The Morgan fingerprint density at radius 1 is 1.05 bits per heavy atom. The number of rotatable bonds is 4. The van der Waals surface area contributed by atoms with Crippen molar-refractivity contribution in [2.45, 2.75) is 13.3 Å². The van der Waals surface area contributed by atoms with Crippen LogP contribution in [0.5, 0.6) is 0 Å². The number of carbonyl (C=O) groups is 1. The quantitative estimate of drug-likeness (QED) is 0.588. The lowest BCUT2D eigenvalue weighted by Gasteiger charge is -2.12. The Bertz CT molecular complexity index is 633. The van der Waals surface area contributed by atoms with Gasteiger partial charge in [-0.15, -0.1) is 0 Å². The number of amides is 1. The van der Waals surface area contributed by atoms with Crippen LogP contribution in [0, 0.1) is 0 Å². The molecule has 2 aromatic carbocycles. The van der Waals surface area contributed by atoms with Crippen LogP contribution >= 0.6 is 47.8 Å². The average Bonchev–Trinajstić information content (AvgIpc) is 2.46. The van der Waals surface area contributed by atoms with Crippen molar-refractivity contribution in [3.05, 3.63) is 60.9 Å². The monoisotopic (exact) mass is 474 g/mol. The molecule has 1 amide bonds. The second kappa shape index (κ2) is 7.42. The number of aryl methyl sites for hydroxylation is 1. The number of anilines is 1. The topological polar surface area (TPSA) is 41.1 Å². The molecular formula is C15H13Br3N2O. The van der Waals surface area contributed by atoms with Crippen molar-refractivity contribution in [2.75, 3.05) is 5.43 Å². The molecule has 21 heavy (non-hydrogen) atoms. The molecule has 0 spiro atoms. The number of hydrogen-bond acceptors (Lipinski definition) is 2. The normalized spacial score (nSPS) is 10.3. The van der Waals surface area contributed by atoms with Gasteiger partial charge in [0.05, 0.1) is 5.69 Å². The minimum Gasteiger partial charge on any atom is -0.296 e. The fourth-order valence-corrected chi connectivity index (χ4v) is 4.20. The van der Waals surface area contributed by atoms with E-state index in [4.69, 9.17) is 0 Å². The lowest BCUT2D eigenvalue weighted by atomic mass is 10.1. The molecule has 0 aliphatic rings. The van der Waals surface area contributed by atoms with Crippen LogP contribution in [-0.4, -0.2) is 5.91 Å². The number of carbonyl (C=O) groups excluding carboxylic acids is 1. The first-order valence-corrected chi connectivity index (χ1v) is 8.69. The van der Waals surface area contributed by atoms with Crippen LogP contribution in [0.25, 0.3) is 0 Å². The van der Waals surface area contributed by atoms with Crippen molar-refractivity contribution in [1.82, 2.24) is 5.43 Å². The number of halogens is 3. The Morgan fingerprint density at radius 3 is 2.14 bits per heavy atom. The Kier molecular flexibility index (Phi) is 5.84. The molecule has 0 aromatic heterocycles. The number of benzene rings is 2. The predicted molar refractivity (Wildman–Crippen MR) is 96.5 cm³/mol. The van der Waals surface area contributed by atoms with Crippen LogP contribution in [0.3, 0.4) is 0 Å². The Hall–Kier alpha value is -0.850. The van der Waals surface area contributed by atoms with Gasteiger partial charge in [0.25, 0.3) is 5.91 Å². The van der Waals surface area contributed by atoms with Crippen LogP contribution in [0.15, 0.2) is 49.8 Å². The molecule has 0 heterocycles. The molecule has 0 fully saturated rings. The van der Waals surface area contributed by atoms with E-state index in [1.54, 1.807) is 0 Å². The lowest BCUT2D eigenvalue weighted by molar-refractivity contribution is 0.0962. The van der Waals surface area contributed by atoms with Gasteiger partial charge in [-0.1, -0.05) is 35.0 Å². The highest BCUT2D eigenvalue weighted by molar-refractivity contribution is 9.11. The van der Waals surface area contributed by atoms with E-state index in [2.05, 4.69) is 65.6 Å². The van der Waals surface area contributed by atoms with Crippen molar-refractivity contribution in [2.24, 2.45) is 0 Å². The van der Waals surface area contributed by atoms with E-state index in [1.165, 1.54) is 5.56 Å². The highest BCUT2D eigenvalue weighted by Crippen LogP contribution is 2.33. The molecule has 0 atom stereocenters. The molecule has 0 aliphatic carbocycles. The molecule has 3 nitrogen and oxygen atoms in total. The summed E-state index contributed by atoms with van der Waals surface area (Å²) in [5.41, 5.74) is 8.19. The number of nitrogens with one attached hydrogen (secondary N) is 2. The zero-order valence-corrected chi connectivity index (χ0v) is 16.0. The molecule has 2 rings (SSSR count).